The maximum Gasteiger partial charge on any atom is 0.217 e. The SMILES string of the molecule is CC(=O)N[C@@H](C(=O)CO)[C@@H](O)[C@H](O)CO. The number of Topliss-reactive ketones (excluding diaryl/α,β-unsaturated/α-hetero) is 1. The van der Waals surface area contributed by atoms with Crippen LogP contribution in [0, 0.1) is 0 Å². The van der Waals surface area contributed by atoms with Crippen molar-refractivity contribution in [2.75, 3.05) is 13.2 Å². The molecule has 0 aromatic heterocycles. The Bertz CT molecular complexity index is 231. The molecule has 0 radical (unpaired) electrons. The molecule has 7 heteroatoms. The second-order valence-corrected chi connectivity index (χ2v) is 3.04. The molecule has 0 rings (SSSR count). The smallest absolute Gasteiger partial charge is 0.217 e. The summed E-state index contributed by atoms with van der Waals surface area (Å²) in [7, 11) is 0. The topological polar surface area (TPSA) is 127 Å². The number of hydrogen-bond donors (Lipinski definition) is 5. The van der Waals surface area contributed by atoms with Gasteiger partial charge in [0.25, 0.3) is 0 Å². The number of amides is 1. The first-order valence-electron chi connectivity index (χ1n) is 4.31. The van der Waals surface area contributed by atoms with E-state index in [-0.39, 0.29) is 0 Å². The highest BCUT2D eigenvalue weighted by molar-refractivity contribution is 5.89. The molecular formula is C8H15NO6. The highest BCUT2D eigenvalue weighted by Crippen LogP contribution is 2.01. The Morgan fingerprint density at radius 3 is 2.13 bits per heavy atom. The van der Waals surface area contributed by atoms with E-state index in [1.807, 2.05) is 0 Å². The lowest BCUT2D eigenvalue weighted by Gasteiger charge is -2.24. The molecule has 0 aromatic rings. The Hall–Kier alpha value is -1.02. The summed E-state index contributed by atoms with van der Waals surface area (Å²) in [6.07, 6.45) is -3.21. The largest absolute Gasteiger partial charge is 0.394 e. The maximum atomic E-state index is 11.1. The second kappa shape index (κ2) is 6.46. The zero-order valence-electron chi connectivity index (χ0n) is 8.25. The average molecular weight is 221 g/mol. The molecule has 0 heterocycles. The zero-order valence-corrected chi connectivity index (χ0v) is 8.25. The normalized spacial score (nSPS) is 16.6. The lowest BCUT2D eigenvalue weighted by Crippen LogP contribution is -2.54. The standard InChI is InChI=1S/C8H15NO6/c1-4(12)9-7(5(13)2-10)8(15)6(14)3-11/h6-8,10-11,14-15H,2-3H2,1H3,(H,9,12)/t6-,7+,8+/m1/s1. The van der Waals surface area contributed by atoms with Crippen LogP contribution in [0.3, 0.4) is 0 Å². The fourth-order valence-corrected chi connectivity index (χ4v) is 1.00. The van der Waals surface area contributed by atoms with Gasteiger partial charge in [-0.3, -0.25) is 9.59 Å². The van der Waals surface area contributed by atoms with Gasteiger partial charge in [0.05, 0.1) is 6.61 Å². The van der Waals surface area contributed by atoms with Crippen molar-refractivity contribution in [3.63, 3.8) is 0 Å². The molecule has 0 spiro atoms. The van der Waals surface area contributed by atoms with Crippen molar-refractivity contribution < 1.29 is 30.0 Å². The van der Waals surface area contributed by atoms with Gasteiger partial charge in [0.1, 0.15) is 24.9 Å². The van der Waals surface area contributed by atoms with Crippen molar-refractivity contribution in [3.05, 3.63) is 0 Å². The third-order valence-corrected chi connectivity index (χ3v) is 1.78. The highest BCUT2D eigenvalue weighted by Gasteiger charge is 2.31. The van der Waals surface area contributed by atoms with E-state index in [1.165, 1.54) is 0 Å². The molecule has 0 aliphatic heterocycles. The van der Waals surface area contributed by atoms with Crippen LogP contribution in [0.1, 0.15) is 6.92 Å². The molecule has 0 saturated heterocycles. The Kier molecular flexibility index (Phi) is 6.02. The van der Waals surface area contributed by atoms with Gasteiger partial charge in [0, 0.05) is 6.92 Å². The van der Waals surface area contributed by atoms with Crippen molar-refractivity contribution in [2.45, 2.75) is 25.2 Å². The number of aliphatic hydroxyl groups excluding tert-OH is 4. The van der Waals surface area contributed by atoms with E-state index in [4.69, 9.17) is 15.3 Å². The minimum absolute atomic E-state index is 0.592. The summed E-state index contributed by atoms with van der Waals surface area (Å²) in [5.74, 6) is -1.43. The van der Waals surface area contributed by atoms with Gasteiger partial charge in [-0.1, -0.05) is 0 Å². The average Bonchev–Trinajstić information content (AvgIpc) is 2.22. The first-order chi connectivity index (χ1) is 6.93. The molecule has 0 aliphatic rings. The van der Waals surface area contributed by atoms with Crippen LogP contribution in [0.2, 0.25) is 0 Å². The van der Waals surface area contributed by atoms with Crippen molar-refractivity contribution in [1.29, 1.82) is 0 Å². The van der Waals surface area contributed by atoms with E-state index in [2.05, 4.69) is 5.32 Å². The molecule has 0 bridgehead atoms. The van der Waals surface area contributed by atoms with Crippen LogP contribution < -0.4 is 5.32 Å². The third kappa shape index (κ3) is 4.34. The minimum Gasteiger partial charge on any atom is -0.394 e. The van der Waals surface area contributed by atoms with Crippen LogP contribution in [-0.4, -0.2) is 63.6 Å². The fraction of sp³-hybridized carbons (Fsp3) is 0.750. The molecule has 0 aromatic carbocycles. The Morgan fingerprint density at radius 2 is 1.80 bits per heavy atom. The number of carbonyl (C=O) groups is 2. The summed E-state index contributed by atoms with van der Waals surface area (Å²) in [6, 6.07) is -1.42. The van der Waals surface area contributed by atoms with E-state index in [1.54, 1.807) is 0 Å². The number of carbonyl (C=O) groups excluding carboxylic acids is 2. The molecule has 0 unspecified atom stereocenters. The van der Waals surface area contributed by atoms with Gasteiger partial charge in [-0.15, -0.1) is 0 Å². The number of aliphatic hydroxyl groups is 4. The number of ketones is 1. The monoisotopic (exact) mass is 221 g/mol. The molecule has 0 aliphatic carbocycles. The molecular weight excluding hydrogens is 206 g/mol. The van der Waals surface area contributed by atoms with Crippen LogP contribution in [0.4, 0.5) is 0 Å². The van der Waals surface area contributed by atoms with Gasteiger partial charge in [-0.05, 0) is 0 Å². The van der Waals surface area contributed by atoms with Crippen molar-refractivity contribution in [3.8, 4) is 0 Å². The fourth-order valence-electron chi connectivity index (χ4n) is 1.00. The molecule has 15 heavy (non-hydrogen) atoms. The quantitative estimate of drug-likeness (QED) is 0.321. The summed E-state index contributed by atoms with van der Waals surface area (Å²) < 4.78 is 0. The van der Waals surface area contributed by atoms with Gasteiger partial charge in [-0.25, -0.2) is 0 Å². The summed E-state index contributed by atoms with van der Waals surface area (Å²) in [4.78, 5) is 21.8. The number of rotatable bonds is 6. The highest BCUT2D eigenvalue weighted by atomic mass is 16.4. The van der Waals surface area contributed by atoms with Crippen LogP contribution in [-0.2, 0) is 9.59 Å². The second-order valence-electron chi connectivity index (χ2n) is 3.04. The first kappa shape index (κ1) is 14.0. The molecule has 1 amide bonds. The van der Waals surface area contributed by atoms with Gasteiger partial charge >= 0.3 is 0 Å². The maximum absolute atomic E-state index is 11.1. The van der Waals surface area contributed by atoms with E-state index in [9.17, 15) is 14.7 Å². The summed E-state index contributed by atoms with van der Waals surface area (Å²) >= 11 is 0. The lowest BCUT2D eigenvalue weighted by atomic mass is 10.0. The summed E-state index contributed by atoms with van der Waals surface area (Å²) in [5, 5.41) is 37.6. The van der Waals surface area contributed by atoms with Crippen LogP contribution in [0.15, 0.2) is 0 Å². The zero-order chi connectivity index (χ0) is 12.0. The third-order valence-electron chi connectivity index (χ3n) is 1.78. The van der Waals surface area contributed by atoms with E-state index in [0.717, 1.165) is 6.92 Å². The van der Waals surface area contributed by atoms with E-state index < -0.39 is 43.2 Å². The predicted octanol–water partition coefficient (Wildman–Crippen LogP) is -3.23. The summed E-state index contributed by atoms with van der Waals surface area (Å²) in [6.45, 7) is -0.508. The van der Waals surface area contributed by atoms with Gasteiger partial charge in [-0.2, -0.15) is 0 Å². The van der Waals surface area contributed by atoms with Crippen LogP contribution in [0.25, 0.3) is 0 Å². The Morgan fingerprint density at radius 1 is 1.27 bits per heavy atom. The molecule has 7 nitrogen and oxygen atoms in total. The Balaban J connectivity index is 4.61. The van der Waals surface area contributed by atoms with Crippen molar-refractivity contribution >= 4 is 11.7 Å². The minimum atomic E-state index is -1.65. The van der Waals surface area contributed by atoms with Gasteiger partial charge in [0.15, 0.2) is 5.78 Å². The predicted molar refractivity (Wildman–Crippen MR) is 48.8 cm³/mol. The molecule has 88 valence electrons. The van der Waals surface area contributed by atoms with Crippen molar-refractivity contribution in [1.82, 2.24) is 5.32 Å². The Labute approximate surface area is 86.3 Å². The summed E-state index contributed by atoms with van der Waals surface area (Å²) in [5.41, 5.74) is 0. The van der Waals surface area contributed by atoms with Crippen LogP contribution >= 0.6 is 0 Å². The van der Waals surface area contributed by atoms with Gasteiger partial charge in [0.2, 0.25) is 5.91 Å². The molecule has 0 fully saturated rings. The number of nitrogens with one attached hydrogen (secondary N) is 1. The van der Waals surface area contributed by atoms with E-state index >= 15 is 0 Å². The lowest BCUT2D eigenvalue weighted by molar-refractivity contribution is -0.134. The molecule has 3 atom stereocenters. The van der Waals surface area contributed by atoms with Crippen molar-refractivity contribution in [2.24, 2.45) is 0 Å². The van der Waals surface area contributed by atoms with Crippen LogP contribution in [0.5, 0.6) is 0 Å². The van der Waals surface area contributed by atoms with E-state index in [0.29, 0.717) is 0 Å². The first-order valence-corrected chi connectivity index (χ1v) is 4.31. The molecule has 0 saturated carbocycles. The number of hydrogen-bond acceptors (Lipinski definition) is 6. The molecule has 5 N–H and O–H groups in total. The van der Waals surface area contributed by atoms with Gasteiger partial charge < -0.3 is 25.7 Å².